The van der Waals surface area contributed by atoms with Crippen LogP contribution in [0, 0.1) is 6.92 Å². The number of aromatic nitrogens is 3. The maximum absolute atomic E-state index is 12.2. The maximum atomic E-state index is 12.2. The van der Waals surface area contributed by atoms with Crippen molar-refractivity contribution in [3.05, 3.63) is 45.7 Å². The highest BCUT2D eigenvalue weighted by atomic mass is 32.1. The molecule has 0 radical (unpaired) electrons. The summed E-state index contributed by atoms with van der Waals surface area (Å²) in [5, 5.41) is 3.99. The predicted octanol–water partition coefficient (Wildman–Crippen LogP) is 3.14. The molecule has 4 rings (SSSR count). The quantitative estimate of drug-likeness (QED) is 0.777. The Kier molecular flexibility index (Phi) is 3.18. The van der Waals surface area contributed by atoms with Gasteiger partial charge in [0.2, 0.25) is 0 Å². The van der Waals surface area contributed by atoms with Crippen molar-refractivity contribution >= 4 is 28.3 Å². The summed E-state index contributed by atoms with van der Waals surface area (Å²) >= 11 is 1.50. The Morgan fingerprint density at radius 1 is 1.45 bits per heavy atom. The first kappa shape index (κ1) is 13.5. The van der Waals surface area contributed by atoms with Gasteiger partial charge in [-0.2, -0.15) is 0 Å². The van der Waals surface area contributed by atoms with Gasteiger partial charge < -0.3 is 10.3 Å². The normalized spacial score (nSPS) is 14.4. The van der Waals surface area contributed by atoms with Gasteiger partial charge in [-0.1, -0.05) is 6.07 Å². The van der Waals surface area contributed by atoms with Gasteiger partial charge in [0, 0.05) is 5.92 Å². The minimum absolute atomic E-state index is 0.0824. The fourth-order valence-electron chi connectivity index (χ4n) is 2.42. The molecular formula is C16H16N4OS. The molecule has 0 bridgehead atoms. The number of benzene rings is 1. The summed E-state index contributed by atoms with van der Waals surface area (Å²) in [7, 11) is 0. The van der Waals surface area contributed by atoms with E-state index in [4.69, 9.17) is 0 Å². The molecule has 6 heteroatoms. The Bertz CT molecular complexity index is 847. The molecule has 2 N–H and O–H groups in total. The first-order chi connectivity index (χ1) is 10.7. The van der Waals surface area contributed by atoms with Gasteiger partial charge >= 0.3 is 0 Å². The van der Waals surface area contributed by atoms with E-state index in [0.29, 0.717) is 17.3 Å². The monoisotopic (exact) mass is 312 g/mol. The van der Waals surface area contributed by atoms with Crippen LogP contribution in [-0.4, -0.2) is 20.9 Å². The van der Waals surface area contributed by atoms with Crippen molar-refractivity contribution in [3.63, 3.8) is 0 Å². The van der Waals surface area contributed by atoms with Crippen molar-refractivity contribution < 1.29 is 4.79 Å². The molecule has 2 heterocycles. The SMILES string of the molecule is Cc1ccc2nc(CNC(=O)c3cnc(C4CC4)s3)[nH]c2c1. The summed E-state index contributed by atoms with van der Waals surface area (Å²) in [5.41, 5.74) is 3.10. The summed E-state index contributed by atoms with van der Waals surface area (Å²) < 4.78 is 0. The third-order valence-corrected chi connectivity index (χ3v) is 4.94. The van der Waals surface area contributed by atoms with Crippen molar-refractivity contribution in [3.8, 4) is 0 Å². The van der Waals surface area contributed by atoms with E-state index in [-0.39, 0.29) is 5.91 Å². The van der Waals surface area contributed by atoms with Crippen LogP contribution in [0.2, 0.25) is 0 Å². The molecule has 1 saturated carbocycles. The highest BCUT2D eigenvalue weighted by Crippen LogP contribution is 2.41. The molecule has 2 aromatic heterocycles. The number of aryl methyl sites for hydroxylation is 1. The highest BCUT2D eigenvalue weighted by molar-refractivity contribution is 7.13. The number of rotatable bonds is 4. The molecule has 0 aliphatic heterocycles. The van der Waals surface area contributed by atoms with E-state index in [9.17, 15) is 4.79 Å². The standard InChI is InChI=1S/C16H16N4OS/c1-9-2-5-11-12(6-9)20-14(19-11)8-17-15(21)13-7-18-16(22-13)10-3-4-10/h2,5-7,10H,3-4,8H2,1H3,(H,17,21)(H,19,20). The van der Waals surface area contributed by atoms with Gasteiger partial charge in [0.05, 0.1) is 28.8 Å². The second-order valence-corrected chi connectivity index (χ2v) is 6.79. The fraction of sp³-hybridized carbons (Fsp3) is 0.312. The molecule has 5 nitrogen and oxygen atoms in total. The molecule has 112 valence electrons. The third kappa shape index (κ3) is 2.62. The largest absolute Gasteiger partial charge is 0.344 e. The van der Waals surface area contributed by atoms with Gasteiger partial charge in [-0.25, -0.2) is 9.97 Å². The van der Waals surface area contributed by atoms with Crippen molar-refractivity contribution in [1.29, 1.82) is 0 Å². The molecule has 0 unspecified atom stereocenters. The zero-order valence-electron chi connectivity index (χ0n) is 12.2. The number of fused-ring (bicyclic) bond motifs is 1. The van der Waals surface area contributed by atoms with E-state index in [2.05, 4.69) is 26.3 Å². The number of nitrogens with zero attached hydrogens (tertiary/aromatic N) is 2. The van der Waals surface area contributed by atoms with Crippen LogP contribution in [0.25, 0.3) is 11.0 Å². The zero-order chi connectivity index (χ0) is 15.1. The minimum Gasteiger partial charge on any atom is -0.344 e. The van der Waals surface area contributed by atoms with Crippen LogP contribution < -0.4 is 5.32 Å². The highest BCUT2D eigenvalue weighted by Gasteiger charge is 2.27. The predicted molar refractivity (Wildman–Crippen MR) is 86.1 cm³/mol. The van der Waals surface area contributed by atoms with Gasteiger partial charge in [0.1, 0.15) is 10.7 Å². The average Bonchev–Trinajstić information content (AvgIpc) is 3.10. The lowest BCUT2D eigenvalue weighted by Gasteiger charge is -1.99. The van der Waals surface area contributed by atoms with Crippen LogP contribution in [0.5, 0.6) is 0 Å². The van der Waals surface area contributed by atoms with E-state index < -0.39 is 0 Å². The van der Waals surface area contributed by atoms with Crippen LogP contribution >= 0.6 is 11.3 Å². The van der Waals surface area contributed by atoms with Gasteiger partial charge in [0.15, 0.2) is 0 Å². The summed E-state index contributed by atoms with van der Waals surface area (Å²) in [6.07, 6.45) is 4.08. The van der Waals surface area contributed by atoms with Gasteiger partial charge in [-0.15, -0.1) is 11.3 Å². The number of nitrogens with one attached hydrogen (secondary N) is 2. The molecule has 1 amide bonds. The van der Waals surface area contributed by atoms with Crippen LogP contribution in [-0.2, 0) is 6.54 Å². The fourth-order valence-corrected chi connectivity index (χ4v) is 3.43. The number of carbonyl (C=O) groups is 1. The Morgan fingerprint density at radius 2 is 2.32 bits per heavy atom. The Labute approximate surface area is 131 Å². The molecule has 1 aromatic carbocycles. The van der Waals surface area contributed by atoms with Crippen molar-refractivity contribution in [2.45, 2.75) is 32.2 Å². The van der Waals surface area contributed by atoms with E-state index in [1.807, 2.05) is 19.1 Å². The number of imidazole rings is 1. The van der Waals surface area contributed by atoms with Crippen LogP contribution in [0.3, 0.4) is 0 Å². The number of hydrogen-bond acceptors (Lipinski definition) is 4. The van der Waals surface area contributed by atoms with Gasteiger partial charge in [0.25, 0.3) is 5.91 Å². The van der Waals surface area contributed by atoms with Crippen LogP contribution in [0.4, 0.5) is 0 Å². The van der Waals surface area contributed by atoms with E-state index in [1.165, 1.54) is 29.7 Å². The number of H-pyrrole nitrogens is 1. The lowest BCUT2D eigenvalue weighted by molar-refractivity contribution is 0.0954. The molecule has 0 spiro atoms. The Hall–Kier alpha value is -2.21. The zero-order valence-corrected chi connectivity index (χ0v) is 13.0. The topological polar surface area (TPSA) is 70.7 Å². The molecule has 3 aromatic rings. The number of thiazole rings is 1. The summed E-state index contributed by atoms with van der Waals surface area (Å²) in [5.74, 6) is 1.27. The number of aromatic amines is 1. The Balaban J connectivity index is 1.44. The van der Waals surface area contributed by atoms with E-state index >= 15 is 0 Å². The summed E-state index contributed by atoms with van der Waals surface area (Å²) in [6, 6.07) is 6.07. The summed E-state index contributed by atoms with van der Waals surface area (Å²) in [4.78, 5) is 24.9. The van der Waals surface area contributed by atoms with E-state index in [0.717, 1.165) is 21.9 Å². The Morgan fingerprint density at radius 3 is 3.14 bits per heavy atom. The lowest BCUT2D eigenvalue weighted by atomic mass is 10.2. The van der Waals surface area contributed by atoms with E-state index in [1.54, 1.807) is 6.20 Å². The first-order valence-electron chi connectivity index (χ1n) is 7.38. The summed E-state index contributed by atoms with van der Waals surface area (Å²) in [6.45, 7) is 2.44. The molecule has 1 aliphatic carbocycles. The van der Waals surface area contributed by atoms with Crippen molar-refractivity contribution in [2.75, 3.05) is 0 Å². The smallest absolute Gasteiger partial charge is 0.263 e. The molecule has 1 aliphatic rings. The molecule has 0 saturated heterocycles. The molecular weight excluding hydrogens is 296 g/mol. The number of carbonyl (C=O) groups excluding carboxylic acids is 1. The van der Waals surface area contributed by atoms with Crippen LogP contribution in [0.15, 0.2) is 24.4 Å². The average molecular weight is 312 g/mol. The number of hydrogen-bond donors (Lipinski definition) is 2. The second-order valence-electron chi connectivity index (χ2n) is 5.72. The van der Waals surface area contributed by atoms with Crippen LogP contribution in [0.1, 0.15) is 44.8 Å². The number of amides is 1. The van der Waals surface area contributed by atoms with Gasteiger partial charge in [-0.3, -0.25) is 4.79 Å². The third-order valence-electron chi connectivity index (χ3n) is 3.78. The van der Waals surface area contributed by atoms with Crippen molar-refractivity contribution in [1.82, 2.24) is 20.3 Å². The minimum atomic E-state index is -0.0824. The van der Waals surface area contributed by atoms with Crippen molar-refractivity contribution in [2.24, 2.45) is 0 Å². The first-order valence-corrected chi connectivity index (χ1v) is 8.20. The second kappa shape index (κ2) is 5.21. The molecule has 1 fully saturated rings. The van der Waals surface area contributed by atoms with Gasteiger partial charge in [-0.05, 0) is 37.5 Å². The molecule has 0 atom stereocenters. The maximum Gasteiger partial charge on any atom is 0.263 e. The lowest BCUT2D eigenvalue weighted by Crippen LogP contribution is -2.22. The molecule has 22 heavy (non-hydrogen) atoms.